The molecule has 110 valence electrons. The Hall–Kier alpha value is -1.61. The van der Waals surface area contributed by atoms with Crippen molar-refractivity contribution in [3.8, 4) is 0 Å². The predicted octanol–water partition coefficient (Wildman–Crippen LogP) is 2.53. The number of aromatic nitrogens is 2. The van der Waals surface area contributed by atoms with E-state index in [-0.39, 0.29) is 0 Å². The summed E-state index contributed by atoms with van der Waals surface area (Å²) >= 11 is 0. The van der Waals surface area contributed by atoms with Crippen molar-refractivity contribution in [2.45, 2.75) is 31.2 Å². The van der Waals surface area contributed by atoms with E-state index < -0.39 is 0 Å². The lowest BCUT2D eigenvalue weighted by Gasteiger charge is -2.16. The molecule has 2 aliphatic carbocycles. The highest BCUT2D eigenvalue weighted by molar-refractivity contribution is 5.40. The minimum absolute atomic E-state index is 0.534. The van der Waals surface area contributed by atoms with Gasteiger partial charge in [-0.05, 0) is 48.8 Å². The van der Waals surface area contributed by atoms with Gasteiger partial charge in [-0.25, -0.2) is 4.98 Å². The van der Waals surface area contributed by atoms with Crippen molar-refractivity contribution in [1.29, 1.82) is 0 Å². The molecule has 3 nitrogen and oxygen atoms in total. The highest BCUT2D eigenvalue weighted by atomic mass is 15.0. The zero-order valence-electron chi connectivity index (χ0n) is 12.8. The van der Waals surface area contributed by atoms with Gasteiger partial charge in [0.1, 0.15) is 5.82 Å². The minimum atomic E-state index is 0.534. The molecule has 4 rings (SSSR count). The van der Waals surface area contributed by atoms with E-state index in [1.165, 1.54) is 18.7 Å². The van der Waals surface area contributed by atoms with Crippen LogP contribution in [0, 0.1) is 11.8 Å². The second-order valence-corrected chi connectivity index (χ2v) is 6.56. The molecule has 0 spiro atoms. The molecule has 4 unspecified atom stereocenters. The van der Waals surface area contributed by atoms with Crippen LogP contribution in [0.3, 0.4) is 0 Å². The van der Waals surface area contributed by atoms with Gasteiger partial charge in [-0.2, -0.15) is 0 Å². The molecule has 1 fully saturated rings. The SMILES string of the molecule is CNC(Cc1nccn1C)C1C2CCc3ccccc3C21. The van der Waals surface area contributed by atoms with Crippen LogP contribution in [-0.4, -0.2) is 22.6 Å². The summed E-state index contributed by atoms with van der Waals surface area (Å²) in [5.41, 5.74) is 3.19. The van der Waals surface area contributed by atoms with Crippen LogP contribution in [0.4, 0.5) is 0 Å². The summed E-state index contributed by atoms with van der Waals surface area (Å²) < 4.78 is 2.14. The molecule has 2 aliphatic rings. The van der Waals surface area contributed by atoms with E-state index in [1.54, 1.807) is 11.1 Å². The van der Waals surface area contributed by atoms with Crippen LogP contribution in [0.25, 0.3) is 0 Å². The van der Waals surface area contributed by atoms with Crippen LogP contribution < -0.4 is 5.32 Å². The van der Waals surface area contributed by atoms with Crippen LogP contribution in [0.5, 0.6) is 0 Å². The third-order valence-electron chi connectivity index (χ3n) is 5.55. The maximum Gasteiger partial charge on any atom is 0.109 e. The molecular formula is C18H23N3. The lowest BCUT2D eigenvalue weighted by atomic mass is 9.92. The normalized spacial score (nSPS) is 27.8. The summed E-state index contributed by atoms with van der Waals surface area (Å²) in [6.07, 6.45) is 7.58. The highest BCUT2D eigenvalue weighted by Crippen LogP contribution is 2.61. The van der Waals surface area contributed by atoms with Crippen molar-refractivity contribution in [3.05, 3.63) is 53.6 Å². The average molecular weight is 281 g/mol. The van der Waals surface area contributed by atoms with Crippen molar-refractivity contribution in [2.24, 2.45) is 18.9 Å². The van der Waals surface area contributed by atoms with Crippen LogP contribution in [-0.2, 0) is 19.9 Å². The monoisotopic (exact) mass is 281 g/mol. The lowest BCUT2D eigenvalue weighted by molar-refractivity contribution is 0.451. The number of imidazole rings is 1. The van der Waals surface area contributed by atoms with Gasteiger partial charge < -0.3 is 9.88 Å². The minimum Gasteiger partial charge on any atom is -0.338 e. The number of benzene rings is 1. The van der Waals surface area contributed by atoms with Crippen LogP contribution in [0.15, 0.2) is 36.7 Å². The summed E-state index contributed by atoms with van der Waals surface area (Å²) in [7, 11) is 4.19. The van der Waals surface area contributed by atoms with Gasteiger partial charge in [-0.1, -0.05) is 24.3 Å². The van der Waals surface area contributed by atoms with Gasteiger partial charge in [0.2, 0.25) is 0 Å². The molecule has 2 aromatic rings. The molecule has 1 heterocycles. The Morgan fingerprint density at radius 1 is 1.38 bits per heavy atom. The third kappa shape index (κ3) is 2.11. The third-order valence-corrected chi connectivity index (χ3v) is 5.55. The van der Waals surface area contributed by atoms with Crippen LogP contribution in [0.2, 0.25) is 0 Å². The summed E-state index contributed by atoms with van der Waals surface area (Å²) in [4.78, 5) is 4.50. The predicted molar refractivity (Wildman–Crippen MR) is 84.2 cm³/mol. The topological polar surface area (TPSA) is 29.9 Å². The fourth-order valence-electron chi connectivity index (χ4n) is 4.39. The van der Waals surface area contributed by atoms with E-state index in [0.717, 1.165) is 24.2 Å². The molecule has 1 aromatic carbocycles. The Bertz CT molecular complexity index is 645. The molecule has 0 bridgehead atoms. The zero-order chi connectivity index (χ0) is 14.4. The van der Waals surface area contributed by atoms with Crippen molar-refractivity contribution >= 4 is 0 Å². The molecule has 4 atom stereocenters. The first-order valence-corrected chi connectivity index (χ1v) is 8.01. The Kier molecular flexibility index (Phi) is 3.11. The first kappa shape index (κ1) is 13.1. The van der Waals surface area contributed by atoms with Gasteiger partial charge >= 0.3 is 0 Å². The molecule has 0 amide bonds. The first-order chi connectivity index (χ1) is 10.3. The van der Waals surface area contributed by atoms with E-state index in [2.05, 4.69) is 53.2 Å². The average Bonchev–Trinajstić information content (AvgIpc) is 3.12. The van der Waals surface area contributed by atoms with Gasteiger partial charge in [0.25, 0.3) is 0 Å². The Labute approximate surface area is 126 Å². The van der Waals surface area contributed by atoms with Crippen molar-refractivity contribution < 1.29 is 0 Å². The van der Waals surface area contributed by atoms with Gasteiger partial charge in [-0.15, -0.1) is 0 Å². The van der Waals surface area contributed by atoms with E-state index in [0.29, 0.717) is 6.04 Å². The van der Waals surface area contributed by atoms with Gasteiger partial charge in [0.15, 0.2) is 0 Å². The van der Waals surface area contributed by atoms with E-state index >= 15 is 0 Å². The molecule has 3 heteroatoms. The number of rotatable bonds is 4. The number of nitrogens with zero attached hydrogens (tertiary/aromatic N) is 2. The van der Waals surface area contributed by atoms with Crippen LogP contribution in [0.1, 0.15) is 29.3 Å². The Balaban J connectivity index is 1.56. The van der Waals surface area contributed by atoms with Gasteiger partial charge in [0, 0.05) is 31.9 Å². The van der Waals surface area contributed by atoms with E-state index in [9.17, 15) is 0 Å². The number of likely N-dealkylation sites (N-methyl/N-ethyl adjacent to an activating group) is 1. The molecule has 21 heavy (non-hydrogen) atoms. The molecule has 0 radical (unpaired) electrons. The Morgan fingerprint density at radius 2 is 2.24 bits per heavy atom. The van der Waals surface area contributed by atoms with Crippen molar-refractivity contribution in [2.75, 3.05) is 7.05 Å². The summed E-state index contributed by atoms with van der Waals surface area (Å²) in [6.45, 7) is 0. The maximum absolute atomic E-state index is 4.50. The second kappa shape index (κ2) is 4.99. The number of hydrogen-bond donors (Lipinski definition) is 1. The van der Waals surface area contributed by atoms with Crippen molar-refractivity contribution in [1.82, 2.24) is 14.9 Å². The standard InChI is InChI=1S/C18H23N3/c1-19-15(11-16-20-9-10-21(16)2)18-14-8-7-12-5-3-4-6-13(12)17(14)18/h3-6,9-10,14-15,17-19H,7-8,11H2,1-2H3. The number of nitrogens with one attached hydrogen (secondary N) is 1. The maximum atomic E-state index is 4.50. The van der Waals surface area contributed by atoms with E-state index in [4.69, 9.17) is 0 Å². The number of aryl methyl sites for hydroxylation is 2. The number of fused-ring (bicyclic) bond motifs is 3. The highest BCUT2D eigenvalue weighted by Gasteiger charge is 2.55. The quantitative estimate of drug-likeness (QED) is 0.933. The Morgan fingerprint density at radius 3 is 3.00 bits per heavy atom. The van der Waals surface area contributed by atoms with Crippen molar-refractivity contribution in [3.63, 3.8) is 0 Å². The molecule has 0 aliphatic heterocycles. The zero-order valence-corrected chi connectivity index (χ0v) is 12.8. The fourth-order valence-corrected chi connectivity index (χ4v) is 4.39. The summed E-state index contributed by atoms with van der Waals surface area (Å²) in [6, 6.07) is 9.57. The first-order valence-electron chi connectivity index (χ1n) is 8.01. The van der Waals surface area contributed by atoms with Gasteiger partial charge in [0.05, 0.1) is 0 Å². The molecule has 1 N–H and O–H groups in total. The summed E-state index contributed by atoms with van der Waals surface area (Å²) in [5.74, 6) is 3.60. The van der Waals surface area contributed by atoms with Gasteiger partial charge in [-0.3, -0.25) is 0 Å². The van der Waals surface area contributed by atoms with Crippen LogP contribution >= 0.6 is 0 Å². The lowest BCUT2D eigenvalue weighted by Crippen LogP contribution is -2.32. The fraction of sp³-hybridized carbons (Fsp3) is 0.500. The molecule has 1 aromatic heterocycles. The number of hydrogen-bond acceptors (Lipinski definition) is 2. The molecule has 0 saturated heterocycles. The second-order valence-electron chi connectivity index (χ2n) is 6.56. The largest absolute Gasteiger partial charge is 0.338 e. The molecule has 1 saturated carbocycles. The van der Waals surface area contributed by atoms with E-state index in [1.807, 2.05) is 12.4 Å². The molecular weight excluding hydrogens is 258 g/mol. The summed E-state index contributed by atoms with van der Waals surface area (Å²) in [5, 5.41) is 3.56. The smallest absolute Gasteiger partial charge is 0.109 e.